The average molecular weight is 290 g/mol. The van der Waals surface area contributed by atoms with Gasteiger partial charge >= 0.3 is 12.5 Å². The summed E-state index contributed by atoms with van der Waals surface area (Å²) in [6.45, 7) is -1.79. The Hall–Kier alpha value is -1.55. The van der Waals surface area contributed by atoms with E-state index in [0.29, 0.717) is 0 Å². The molecule has 3 N–H and O–H groups in total. The van der Waals surface area contributed by atoms with Crippen LogP contribution in [0.5, 0.6) is 5.75 Å². The predicted octanol–water partition coefficient (Wildman–Crippen LogP) is 1.95. The standard InChI is InChI=1S/C9H8F6N2O2/c10-8(11,12)6-1-4(3-18)7(5(2-16)17-6)19-9(13,14)15/h1,18H,2-3,16H2. The van der Waals surface area contributed by atoms with E-state index in [1.54, 1.807) is 0 Å². The molecule has 0 amide bonds. The zero-order chi connectivity index (χ0) is 14.8. The van der Waals surface area contributed by atoms with Crippen molar-refractivity contribution in [1.82, 2.24) is 4.98 Å². The van der Waals surface area contributed by atoms with E-state index in [1.165, 1.54) is 0 Å². The molecule has 108 valence electrons. The molecule has 19 heavy (non-hydrogen) atoms. The fourth-order valence-electron chi connectivity index (χ4n) is 1.29. The van der Waals surface area contributed by atoms with Crippen LogP contribution in [-0.2, 0) is 19.3 Å². The molecule has 0 spiro atoms. The fraction of sp³-hybridized carbons (Fsp3) is 0.444. The van der Waals surface area contributed by atoms with Crippen LogP contribution in [0.4, 0.5) is 26.3 Å². The van der Waals surface area contributed by atoms with E-state index in [2.05, 4.69) is 9.72 Å². The lowest BCUT2D eigenvalue weighted by Gasteiger charge is -2.17. The highest BCUT2D eigenvalue weighted by molar-refractivity contribution is 5.39. The topological polar surface area (TPSA) is 68.4 Å². The molecular weight excluding hydrogens is 282 g/mol. The van der Waals surface area contributed by atoms with Gasteiger partial charge in [-0.25, -0.2) is 4.98 Å². The zero-order valence-electron chi connectivity index (χ0n) is 9.14. The quantitative estimate of drug-likeness (QED) is 0.835. The number of aromatic nitrogens is 1. The number of alkyl halides is 6. The van der Waals surface area contributed by atoms with Crippen molar-refractivity contribution in [3.8, 4) is 5.75 Å². The van der Waals surface area contributed by atoms with E-state index >= 15 is 0 Å². The maximum Gasteiger partial charge on any atom is 0.573 e. The van der Waals surface area contributed by atoms with Crippen LogP contribution in [0.3, 0.4) is 0 Å². The second-order valence-corrected chi connectivity index (χ2v) is 3.35. The number of rotatable bonds is 3. The number of halogens is 6. The molecule has 0 radical (unpaired) electrons. The van der Waals surface area contributed by atoms with Crippen molar-refractivity contribution in [2.45, 2.75) is 25.7 Å². The summed E-state index contributed by atoms with van der Waals surface area (Å²) in [6, 6.07) is 0.278. The van der Waals surface area contributed by atoms with E-state index in [-0.39, 0.29) is 6.07 Å². The fourth-order valence-corrected chi connectivity index (χ4v) is 1.29. The SMILES string of the molecule is NCc1nc(C(F)(F)F)cc(CO)c1OC(F)(F)F. The van der Waals surface area contributed by atoms with E-state index in [0.717, 1.165) is 0 Å². The van der Waals surface area contributed by atoms with Crippen LogP contribution in [0, 0.1) is 0 Å². The molecule has 4 nitrogen and oxygen atoms in total. The van der Waals surface area contributed by atoms with Gasteiger partial charge < -0.3 is 15.6 Å². The summed E-state index contributed by atoms with van der Waals surface area (Å²) in [5.74, 6) is -1.01. The Balaban J connectivity index is 3.38. The molecule has 0 fully saturated rings. The number of aliphatic hydroxyl groups is 1. The summed E-state index contributed by atoms with van der Waals surface area (Å²) >= 11 is 0. The molecule has 1 rings (SSSR count). The molecule has 0 atom stereocenters. The number of ether oxygens (including phenoxy) is 1. The molecule has 0 aliphatic heterocycles. The number of nitrogens with zero attached hydrogens (tertiary/aromatic N) is 1. The van der Waals surface area contributed by atoms with Crippen LogP contribution >= 0.6 is 0 Å². The molecule has 10 heteroatoms. The Labute approximate surface area is 102 Å². The van der Waals surface area contributed by atoms with E-state index < -0.39 is 48.4 Å². The zero-order valence-corrected chi connectivity index (χ0v) is 9.14. The molecule has 0 saturated heterocycles. The molecule has 0 aromatic carbocycles. The second kappa shape index (κ2) is 5.21. The van der Waals surface area contributed by atoms with Crippen LogP contribution in [0.25, 0.3) is 0 Å². The summed E-state index contributed by atoms with van der Waals surface area (Å²) in [5, 5.41) is 8.84. The second-order valence-electron chi connectivity index (χ2n) is 3.35. The molecule has 1 aromatic heterocycles. The summed E-state index contributed by atoms with van der Waals surface area (Å²) in [5.41, 5.74) is 2.16. The highest BCUT2D eigenvalue weighted by Crippen LogP contribution is 2.35. The van der Waals surface area contributed by atoms with Crippen molar-refractivity contribution < 1.29 is 36.2 Å². The van der Waals surface area contributed by atoms with Gasteiger partial charge in [-0.1, -0.05) is 0 Å². The third-order valence-corrected chi connectivity index (χ3v) is 1.99. The number of aliphatic hydroxyl groups excluding tert-OH is 1. The molecule has 0 unspecified atom stereocenters. The Bertz CT molecular complexity index is 432. The Morgan fingerprint density at radius 2 is 1.79 bits per heavy atom. The molecule has 1 aromatic rings. The first-order valence-electron chi connectivity index (χ1n) is 4.75. The normalized spacial score (nSPS) is 12.6. The predicted molar refractivity (Wildman–Crippen MR) is 49.7 cm³/mol. The van der Waals surface area contributed by atoms with E-state index in [4.69, 9.17) is 10.8 Å². The first-order chi connectivity index (χ1) is 8.58. The van der Waals surface area contributed by atoms with Crippen LogP contribution in [0.15, 0.2) is 6.07 Å². The summed E-state index contributed by atoms with van der Waals surface area (Å²) < 4.78 is 77.2. The number of nitrogens with two attached hydrogens (primary N) is 1. The minimum atomic E-state index is -5.13. The van der Waals surface area contributed by atoms with Crippen molar-refractivity contribution in [3.63, 3.8) is 0 Å². The van der Waals surface area contributed by atoms with Crippen molar-refractivity contribution >= 4 is 0 Å². The van der Waals surface area contributed by atoms with Gasteiger partial charge in [0, 0.05) is 12.1 Å². The van der Waals surface area contributed by atoms with Crippen molar-refractivity contribution in [1.29, 1.82) is 0 Å². The Morgan fingerprint density at radius 1 is 1.21 bits per heavy atom. The van der Waals surface area contributed by atoms with Crippen molar-refractivity contribution in [2.75, 3.05) is 0 Å². The van der Waals surface area contributed by atoms with E-state index in [1.807, 2.05) is 0 Å². The van der Waals surface area contributed by atoms with Gasteiger partial charge in [0.25, 0.3) is 0 Å². The maximum atomic E-state index is 12.4. The van der Waals surface area contributed by atoms with Gasteiger partial charge in [0.2, 0.25) is 0 Å². The number of hydrogen-bond acceptors (Lipinski definition) is 4. The molecule has 0 bridgehead atoms. The molecule has 0 saturated carbocycles. The monoisotopic (exact) mass is 290 g/mol. The van der Waals surface area contributed by atoms with Gasteiger partial charge in [-0.2, -0.15) is 13.2 Å². The minimum absolute atomic E-state index is 0.278. The Kier molecular flexibility index (Phi) is 4.25. The number of hydrogen-bond donors (Lipinski definition) is 2. The van der Waals surface area contributed by atoms with Crippen LogP contribution in [0.2, 0.25) is 0 Å². The van der Waals surface area contributed by atoms with Gasteiger partial charge in [-0.3, -0.25) is 0 Å². The largest absolute Gasteiger partial charge is 0.573 e. The maximum absolute atomic E-state index is 12.4. The third kappa shape index (κ3) is 3.96. The van der Waals surface area contributed by atoms with Crippen LogP contribution in [0.1, 0.15) is 17.0 Å². The summed E-state index contributed by atoms with van der Waals surface area (Å²) in [4.78, 5) is 2.97. The highest BCUT2D eigenvalue weighted by atomic mass is 19.4. The van der Waals surface area contributed by atoms with Crippen molar-refractivity contribution in [3.05, 3.63) is 23.0 Å². The first kappa shape index (κ1) is 15.5. The lowest BCUT2D eigenvalue weighted by atomic mass is 10.1. The third-order valence-electron chi connectivity index (χ3n) is 1.99. The lowest BCUT2D eigenvalue weighted by Crippen LogP contribution is -2.22. The molecule has 0 aliphatic carbocycles. The average Bonchev–Trinajstić information content (AvgIpc) is 2.25. The van der Waals surface area contributed by atoms with Gasteiger partial charge in [0.15, 0.2) is 5.75 Å². The van der Waals surface area contributed by atoms with Crippen molar-refractivity contribution in [2.24, 2.45) is 5.73 Å². The molecular formula is C9H8F6N2O2. The first-order valence-corrected chi connectivity index (χ1v) is 4.75. The van der Waals surface area contributed by atoms with Gasteiger partial charge in [-0.05, 0) is 6.07 Å². The molecule has 1 heterocycles. The smallest absolute Gasteiger partial charge is 0.403 e. The Morgan fingerprint density at radius 3 is 2.16 bits per heavy atom. The lowest BCUT2D eigenvalue weighted by molar-refractivity contribution is -0.275. The highest BCUT2D eigenvalue weighted by Gasteiger charge is 2.37. The molecule has 0 aliphatic rings. The summed E-state index contributed by atoms with van der Waals surface area (Å²) in [7, 11) is 0. The van der Waals surface area contributed by atoms with Crippen LogP contribution < -0.4 is 10.5 Å². The van der Waals surface area contributed by atoms with E-state index in [9.17, 15) is 26.3 Å². The van der Waals surface area contributed by atoms with Gasteiger partial charge in [0.05, 0.1) is 12.3 Å². The van der Waals surface area contributed by atoms with Gasteiger partial charge in [-0.15, -0.1) is 13.2 Å². The number of pyridine rings is 1. The van der Waals surface area contributed by atoms with Gasteiger partial charge in [0.1, 0.15) is 5.69 Å². The van der Waals surface area contributed by atoms with Crippen LogP contribution in [-0.4, -0.2) is 16.5 Å². The minimum Gasteiger partial charge on any atom is -0.403 e. The summed E-state index contributed by atoms with van der Waals surface area (Å²) in [6.07, 6.45) is -10.0.